The molecule has 2 heterocycles. The maximum atomic E-state index is 12.1. The molecule has 2 rings (SSSR count). The van der Waals surface area contributed by atoms with Crippen LogP contribution in [0.25, 0.3) is 0 Å². The molecule has 19 heavy (non-hydrogen) atoms. The Labute approximate surface area is 119 Å². The highest BCUT2D eigenvalue weighted by Crippen LogP contribution is 2.30. The maximum absolute atomic E-state index is 12.1. The first-order valence-corrected chi connectivity index (χ1v) is 8.21. The lowest BCUT2D eigenvalue weighted by atomic mass is 9.86. The van der Waals surface area contributed by atoms with Gasteiger partial charge in [-0.25, -0.2) is 0 Å². The molecule has 2 amide bonds. The fraction of sp³-hybridized carbons (Fsp3) is 0.846. The Balaban J connectivity index is 2.08. The number of likely N-dealkylation sites (N-methyl/N-ethyl adjacent to an activating group) is 1. The molecule has 0 aromatic rings. The van der Waals surface area contributed by atoms with Crippen molar-refractivity contribution in [3.05, 3.63) is 0 Å². The van der Waals surface area contributed by atoms with Gasteiger partial charge in [-0.1, -0.05) is 0 Å². The summed E-state index contributed by atoms with van der Waals surface area (Å²) in [4.78, 5) is 27.9. The molecule has 0 saturated carbocycles. The molecular weight excluding hydrogens is 262 g/mol. The van der Waals surface area contributed by atoms with E-state index in [0.717, 1.165) is 32.5 Å². The fourth-order valence-electron chi connectivity index (χ4n) is 3.02. The van der Waals surface area contributed by atoms with Crippen molar-refractivity contribution in [2.45, 2.75) is 24.8 Å². The van der Waals surface area contributed by atoms with Gasteiger partial charge >= 0.3 is 0 Å². The lowest BCUT2D eigenvalue weighted by Gasteiger charge is -2.49. The van der Waals surface area contributed by atoms with Gasteiger partial charge in [0.25, 0.3) is 0 Å². The SMILES string of the molecule is CSCC(=O)N1CCN(C)C2(CCNC(=O)CC2)C1. The molecule has 1 unspecified atom stereocenters. The van der Waals surface area contributed by atoms with Crippen LogP contribution in [0, 0.1) is 0 Å². The van der Waals surface area contributed by atoms with Gasteiger partial charge in [-0.15, -0.1) is 0 Å². The van der Waals surface area contributed by atoms with Crippen LogP contribution in [0.5, 0.6) is 0 Å². The highest BCUT2D eigenvalue weighted by Gasteiger charge is 2.41. The number of carbonyl (C=O) groups excluding carboxylic acids is 2. The number of hydrogen-bond donors (Lipinski definition) is 1. The largest absolute Gasteiger partial charge is 0.356 e. The molecule has 2 aliphatic heterocycles. The molecular formula is C13H23N3O2S. The minimum Gasteiger partial charge on any atom is -0.356 e. The summed E-state index contributed by atoms with van der Waals surface area (Å²) in [5.74, 6) is 0.915. The number of carbonyl (C=O) groups is 2. The first-order valence-electron chi connectivity index (χ1n) is 6.82. The predicted octanol–water partition coefficient (Wildman–Crippen LogP) is 0.162. The number of amides is 2. The molecule has 1 atom stereocenters. The van der Waals surface area contributed by atoms with Crippen LogP contribution in [-0.4, -0.2) is 72.4 Å². The number of rotatable bonds is 2. The molecule has 0 aliphatic carbocycles. The summed E-state index contributed by atoms with van der Waals surface area (Å²) in [5.41, 5.74) is -0.0223. The van der Waals surface area contributed by atoms with Crippen LogP contribution in [0.3, 0.4) is 0 Å². The highest BCUT2D eigenvalue weighted by molar-refractivity contribution is 7.99. The van der Waals surface area contributed by atoms with E-state index < -0.39 is 0 Å². The number of nitrogens with zero attached hydrogens (tertiary/aromatic N) is 2. The summed E-state index contributed by atoms with van der Waals surface area (Å²) < 4.78 is 0. The van der Waals surface area contributed by atoms with Crippen LogP contribution in [0.1, 0.15) is 19.3 Å². The van der Waals surface area contributed by atoms with Gasteiger partial charge in [-0.2, -0.15) is 11.8 Å². The van der Waals surface area contributed by atoms with Crippen molar-refractivity contribution in [3.8, 4) is 0 Å². The lowest BCUT2D eigenvalue weighted by Crippen LogP contribution is -2.62. The van der Waals surface area contributed by atoms with E-state index in [1.807, 2.05) is 11.2 Å². The summed E-state index contributed by atoms with van der Waals surface area (Å²) in [5, 5.41) is 2.93. The Morgan fingerprint density at radius 1 is 1.42 bits per heavy atom. The number of thioether (sulfide) groups is 1. The van der Waals surface area contributed by atoms with Crippen molar-refractivity contribution in [1.82, 2.24) is 15.1 Å². The Kier molecular flexibility index (Phi) is 4.73. The van der Waals surface area contributed by atoms with Gasteiger partial charge in [-0.3, -0.25) is 14.5 Å². The van der Waals surface area contributed by atoms with Crippen molar-refractivity contribution >= 4 is 23.6 Å². The van der Waals surface area contributed by atoms with E-state index >= 15 is 0 Å². The third-order valence-corrected chi connectivity index (χ3v) is 4.89. The maximum Gasteiger partial charge on any atom is 0.232 e. The molecule has 2 fully saturated rings. The van der Waals surface area contributed by atoms with Crippen molar-refractivity contribution in [3.63, 3.8) is 0 Å². The molecule has 0 bridgehead atoms. The van der Waals surface area contributed by atoms with Crippen molar-refractivity contribution in [1.29, 1.82) is 0 Å². The molecule has 1 spiro atoms. The molecule has 6 heteroatoms. The Hall–Kier alpha value is -0.750. The van der Waals surface area contributed by atoms with E-state index in [-0.39, 0.29) is 17.4 Å². The second-order valence-electron chi connectivity index (χ2n) is 5.49. The molecule has 2 aliphatic rings. The Morgan fingerprint density at radius 3 is 2.95 bits per heavy atom. The standard InChI is InChI=1S/C13H23N3O2S/c1-15-7-8-16(12(18)9-19-2)10-13(15)4-3-11(17)14-6-5-13/h3-10H2,1-2H3,(H,14,17). The molecule has 1 N–H and O–H groups in total. The van der Waals surface area contributed by atoms with Gasteiger partial charge in [0, 0.05) is 38.1 Å². The molecule has 0 aromatic carbocycles. The summed E-state index contributed by atoms with van der Waals surface area (Å²) in [6.07, 6.45) is 4.30. The fourth-order valence-corrected chi connectivity index (χ4v) is 3.45. The van der Waals surface area contributed by atoms with Gasteiger partial charge in [0.2, 0.25) is 11.8 Å². The van der Waals surface area contributed by atoms with Crippen molar-refractivity contribution in [2.75, 3.05) is 45.2 Å². The van der Waals surface area contributed by atoms with Gasteiger partial charge in [0.05, 0.1) is 5.75 Å². The number of hydrogen-bond acceptors (Lipinski definition) is 4. The Bertz CT molecular complexity index is 364. The van der Waals surface area contributed by atoms with E-state index in [2.05, 4.69) is 17.3 Å². The second kappa shape index (κ2) is 6.13. The normalized spacial score (nSPS) is 29.2. The highest BCUT2D eigenvalue weighted by atomic mass is 32.2. The molecule has 2 saturated heterocycles. The van der Waals surface area contributed by atoms with Crippen LogP contribution < -0.4 is 5.32 Å². The third-order valence-electron chi connectivity index (χ3n) is 4.35. The minimum atomic E-state index is -0.0223. The Morgan fingerprint density at radius 2 is 2.21 bits per heavy atom. The van der Waals surface area contributed by atoms with E-state index in [1.165, 1.54) is 0 Å². The zero-order valence-electron chi connectivity index (χ0n) is 11.8. The first-order chi connectivity index (χ1) is 9.07. The van der Waals surface area contributed by atoms with E-state index in [4.69, 9.17) is 0 Å². The second-order valence-corrected chi connectivity index (χ2v) is 6.36. The summed E-state index contributed by atoms with van der Waals surface area (Å²) >= 11 is 1.57. The van der Waals surface area contributed by atoms with Gasteiger partial charge in [0.15, 0.2) is 0 Å². The number of nitrogens with one attached hydrogen (secondary N) is 1. The smallest absolute Gasteiger partial charge is 0.232 e. The zero-order valence-corrected chi connectivity index (χ0v) is 12.6. The third kappa shape index (κ3) is 3.23. The topological polar surface area (TPSA) is 52.7 Å². The van der Waals surface area contributed by atoms with Gasteiger partial charge in [0.1, 0.15) is 0 Å². The monoisotopic (exact) mass is 285 g/mol. The molecule has 0 radical (unpaired) electrons. The van der Waals surface area contributed by atoms with Crippen LogP contribution in [0.4, 0.5) is 0 Å². The molecule has 0 aromatic heterocycles. The quantitative estimate of drug-likeness (QED) is 0.785. The first kappa shape index (κ1) is 14.7. The zero-order chi connectivity index (χ0) is 13.9. The van der Waals surface area contributed by atoms with E-state index in [9.17, 15) is 9.59 Å². The van der Waals surface area contributed by atoms with E-state index in [0.29, 0.717) is 18.7 Å². The average Bonchev–Trinajstić information content (AvgIpc) is 2.57. The van der Waals surface area contributed by atoms with E-state index in [1.54, 1.807) is 11.8 Å². The van der Waals surface area contributed by atoms with Crippen molar-refractivity contribution in [2.24, 2.45) is 0 Å². The average molecular weight is 285 g/mol. The molecule has 5 nitrogen and oxygen atoms in total. The number of piperazine rings is 1. The van der Waals surface area contributed by atoms with Gasteiger partial charge in [-0.05, 0) is 26.1 Å². The lowest BCUT2D eigenvalue weighted by molar-refractivity contribution is -0.134. The van der Waals surface area contributed by atoms with Crippen molar-refractivity contribution < 1.29 is 9.59 Å². The summed E-state index contributed by atoms with van der Waals surface area (Å²) in [6.45, 7) is 3.18. The minimum absolute atomic E-state index is 0.0223. The van der Waals surface area contributed by atoms with Crippen LogP contribution >= 0.6 is 11.8 Å². The van der Waals surface area contributed by atoms with Crippen LogP contribution in [0.2, 0.25) is 0 Å². The summed E-state index contributed by atoms with van der Waals surface area (Å²) in [6, 6.07) is 0. The predicted molar refractivity (Wildman–Crippen MR) is 77.2 cm³/mol. The van der Waals surface area contributed by atoms with Crippen LogP contribution in [-0.2, 0) is 9.59 Å². The molecule has 108 valence electrons. The van der Waals surface area contributed by atoms with Crippen LogP contribution in [0.15, 0.2) is 0 Å². The van der Waals surface area contributed by atoms with Gasteiger partial charge < -0.3 is 10.2 Å². The summed E-state index contributed by atoms with van der Waals surface area (Å²) in [7, 11) is 2.12.